The summed E-state index contributed by atoms with van der Waals surface area (Å²) in [4.78, 5) is 14.6. The first-order valence-electron chi connectivity index (χ1n) is 5.67. The van der Waals surface area contributed by atoms with Crippen LogP contribution in [0.15, 0.2) is 30.5 Å². The van der Waals surface area contributed by atoms with Gasteiger partial charge in [0.2, 0.25) is 0 Å². The van der Waals surface area contributed by atoms with Crippen LogP contribution in [0, 0.1) is 0 Å². The van der Waals surface area contributed by atoms with Crippen molar-refractivity contribution in [2.75, 3.05) is 17.2 Å². The number of rotatable bonds is 4. The van der Waals surface area contributed by atoms with Gasteiger partial charge in [-0.15, -0.1) is 5.10 Å². The Morgan fingerprint density at radius 1 is 1.50 bits per heavy atom. The fourth-order valence-electron chi connectivity index (χ4n) is 1.66. The Hall–Kier alpha value is -1.95. The van der Waals surface area contributed by atoms with E-state index in [2.05, 4.69) is 9.59 Å². The van der Waals surface area contributed by atoms with Crippen LogP contribution in [0.1, 0.15) is 23.0 Å². The normalized spacial score (nSPS) is 10.3. The van der Waals surface area contributed by atoms with E-state index in [0.717, 1.165) is 23.6 Å². The van der Waals surface area contributed by atoms with E-state index in [-0.39, 0.29) is 5.91 Å². The molecule has 1 heterocycles. The minimum Gasteiger partial charge on any atom is -0.399 e. The Morgan fingerprint density at radius 3 is 2.94 bits per heavy atom. The lowest BCUT2D eigenvalue weighted by Crippen LogP contribution is -2.31. The second-order valence-electron chi connectivity index (χ2n) is 3.83. The summed E-state index contributed by atoms with van der Waals surface area (Å²) in [5, 5.41) is 3.69. The summed E-state index contributed by atoms with van der Waals surface area (Å²) in [5.41, 5.74) is 7.19. The number of anilines is 2. The quantitative estimate of drug-likeness (QED) is 0.857. The van der Waals surface area contributed by atoms with Gasteiger partial charge in [-0.05, 0) is 36.2 Å². The van der Waals surface area contributed by atoms with Crippen LogP contribution in [-0.2, 0) is 0 Å². The van der Waals surface area contributed by atoms with Crippen molar-refractivity contribution in [3.8, 4) is 0 Å². The summed E-state index contributed by atoms with van der Waals surface area (Å²) in [6.07, 6.45) is 2.36. The largest absolute Gasteiger partial charge is 0.399 e. The first kappa shape index (κ1) is 12.5. The third-order valence-electron chi connectivity index (χ3n) is 2.45. The molecule has 1 aromatic heterocycles. The van der Waals surface area contributed by atoms with Gasteiger partial charge < -0.3 is 10.6 Å². The highest BCUT2D eigenvalue weighted by Gasteiger charge is 2.18. The highest BCUT2D eigenvalue weighted by molar-refractivity contribution is 7.07. The topological polar surface area (TPSA) is 72.1 Å². The van der Waals surface area contributed by atoms with E-state index >= 15 is 0 Å². The van der Waals surface area contributed by atoms with Gasteiger partial charge in [0.15, 0.2) is 0 Å². The zero-order chi connectivity index (χ0) is 13.0. The number of aromatic nitrogens is 2. The van der Waals surface area contributed by atoms with Crippen LogP contribution in [0.25, 0.3) is 0 Å². The van der Waals surface area contributed by atoms with Gasteiger partial charge >= 0.3 is 0 Å². The molecule has 1 amide bonds. The van der Waals surface area contributed by atoms with E-state index in [0.29, 0.717) is 17.1 Å². The zero-order valence-corrected chi connectivity index (χ0v) is 10.9. The number of nitrogens with zero attached hydrogens (tertiary/aromatic N) is 3. The first-order valence-corrected chi connectivity index (χ1v) is 6.44. The van der Waals surface area contributed by atoms with Crippen molar-refractivity contribution in [2.45, 2.75) is 13.3 Å². The maximum atomic E-state index is 12.3. The van der Waals surface area contributed by atoms with E-state index in [1.807, 2.05) is 19.1 Å². The number of nitrogen functional groups attached to an aromatic ring is 1. The molecule has 0 aliphatic rings. The Morgan fingerprint density at radius 2 is 2.33 bits per heavy atom. The summed E-state index contributed by atoms with van der Waals surface area (Å²) in [7, 11) is 0. The standard InChI is InChI=1S/C12H14N4OS/c1-2-6-16(10-5-3-4-9(13)7-10)12(17)11-8-14-15-18-11/h3-5,7-8H,2,6,13H2,1H3. The molecule has 0 bridgehead atoms. The highest BCUT2D eigenvalue weighted by Crippen LogP contribution is 2.21. The number of benzene rings is 1. The average Bonchev–Trinajstić information content (AvgIpc) is 2.89. The van der Waals surface area contributed by atoms with Gasteiger partial charge in [-0.1, -0.05) is 17.5 Å². The van der Waals surface area contributed by atoms with E-state index in [1.54, 1.807) is 17.0 Å². The maximum Gasteiger partial charge on any atom is 0.271 e. The van der Waals surface area contributed by atoms with Crippen LogP contribution in [0.4, 0.5) is 11.4 Å². The fourth-order valence-corrected chi connectivity index (χ4v) is 2.12. The molecule has 0 saturated heterocycles. The van der Waals surface area contributed by atoms with Crippen LogP contribution in [-0.4, -0.2) is 22.0 Å². The molecule has 94 valence electrons. The summed E-state index contributed by atoms with van der Waals surface area (Å²) in [6.45, 7) is 2.66. The Kier molecular flexibility index (Phi) is 3.88. The summed E-state index contributed by atoms with van der Waals surface area (Å²) in [6, 6.07) is 7.30. The van der Waals surface area contributed by atoms with E-state index in [9.17, 15) is 4.79 Å². The van der Waals surface area contributed by atoms with Crippen molar-refractivity contribution in [1.82, 2.24) is 9.59 Å². The van der Waals surface area contributed by atoms with E-state index < -0.39 is 0 Å². The van der Waals surface area contributed by atoms with Gasteiger partial charge in [-0.2, -0.15) is 0 Å². The van der Waals surface area contributed by atoms with Crippen molar-refractivity contribution in [3.05, 3.63) is 35.3 Å². The van der Waals surface area contributed by atoms with E-state index in [1.165, 1.54) is 6.20 Å². The molecular formula is C12H14N4OS. The monoisotopic (exact) mass is 262 g/mol. The van der Waals surface area contributed by atoms with Crippen molar-refractivity contribution in [3.63, 3.8) is 0 Å². The molecule has 18 heavy (non-hydrogen) atoms. The average molecular weight is 262 g/mol. The number of amides is 1. The van der Waals surface area contributed by atoms with Crippen molar-refractivity contribution in [1.29, 1.82) is 0 Å². The predicted molar refractivity (Wildman–Crippen MR) is 72.7 cm³/mol. The second kappa shape index (κ2) is 5.59. The lowest BCUT2D eigenvalue weighted by molar-refractivity contribution is 0.0990. The molecule has 5 nitrogen and oxygen atoms in total. The SMILES string of the molecule is CCCN(C(=O)c1cnns1)c1cccc(N)c1. The van der Waals surface area contributed by atoms with Crippen molar-refractivity contribution in [2.24, 2.45) is 0 Å². The third kappa shape index (κ3) is 2.65. The lowest BCUT2D eigenvalue weighted by atomic mass is 10.2. The molecule has 0 saturated carbocycles. The Balaban J connectivity index is 2.31. The van der Waals surface area contributed by atoms with Crippen LogP contribution in [0.5, 0.6) is 0 Å². The maximum absolute atomic E-state index is 12.3. The zero-order valence-electron chi connectivity index (χ0n) is 10.0. The highest BCUT2D eigenvalue weighted by atomic mass is 32.1. The molecule has 6 heteroatoms. The summed E-state index contributed by atoms with van der Waals surface area (Å²) >= 11 is 1.10. The first-order chi connectivity index (χ1) is 8.72. The number of nitrogens with two attached hydrogens (primary N) is 1. The third-order valence-corrected chi connectivity index (χ3v) is 3.10. The fraction of sp³-hybridized carbons (Fsp3) is 0.250. The van der Waals surface area contributed by atoms with Gasteiger partial charge in [0.1, 0.15) is 4.88 Å². The molecule has 2 rings (SSSR count). The van der Waals surface area contributed by atoms with Gasteiger partial charge in [0.05, 0.1) is 6.20 Å². The van der Waals surface area contributed by atoms with Crippen LogP contribution in [0.3, 0.4) is 0 Å². The molecule has 0 fully saturated rings. The van der Waals surface area contributed by atoms with Crippen molar-refractivity contribution < 1.29 is 4.79 Å². The minimum atomic E-state index is -0.0857. The molecule has 0 aliphatic heterocycles. The van der Waals surface area contributed by atoms with Gasteiger partial charge in [0, 0.05) is 17.9 Å². The van der Waals surface area contributed by atoms with Crippen LogP contribution < -0.4 is 10.6 Å². The smallest absolute Gasteiger partial charge is 0.271 e. The molecule has 0 unspecified atom stereocenters. The molecule has 0 radical (unpaired) electrons. The van der Waals surface area contributed by atoms with Gasteiger partial charge in [-0.3, -0.25) is 4.79 Å². The number of hydrogen-bond acceptors (Lipinski definition) is 5. The molecular weight excluding hydrogens is 248 g/mol. The minimum absolute atomic E-state index is 0.0857. The molecule has 0 aliphatic carbocycles. The number of carbonyl (C=O) groups excluding carboxylic acids is 1. The molecule has 0 atom stereocenters. The van der Waals surface area contributed by atoms with Crippen LogP contribution in [0.2, 0.25) is 0 Å². The second-order valence-corrected chi connectivity index (χ2v) is 4.62. The summed E-state index contributed by atoms with van der Waals surface area (Å²) < 4.78 is 3.72. The molecule has 0 spiro atoms. The lowest BCUT2D eigenvalue weighted by Gasteiger charge is -2.21. The van der Waals surface area contributed by atoms with E-state index in [4.69, 9.17) is 5.73 Å². The molecule has 2 N–H and O–H groups in total. The van der Waals surface area contributed by atoms with Crippen LogP contribution >= 0.6 is 11.5 Å². The Bertz CT molecular complexity index is 527. The summed E-state index contributed by atoms with van der Waals surface area (Å²) in [5.74, 6) is -0.0857. The van der Waals surface area contributed by atoms with Gasteiger partial charge in [-0.25, -0.2) is 0 Å². The molecule has 2 aromatic rings. The number of carbonyl (C=O) groups is 1. The van der Waals surface area contributed by atoms with Gasteiger partial charge in [0.25, 0.3) is 5.91 Å². The van der Waals surface area contributed by atoms with Crippen molar-refractivity contribution >= 4 is 28.8 Å². The molecule has 1 aromatic carbocycles. The predicted octanol–water partition coefficient (Wildman–Crippen LogP) is 2.18. The Labute approximate surface area is 109 Å². The number of hydrogen-bond donors (Lipinski definition) is 1.